The van der Waals surface area contributed by atoms with E-state index in [0.717, 1.165) is 14.2 Å². The van der Waals surface area contributed by atoms with E-state index >= 15 is 0 Å². The zero-order valence-electron chi connectivity index (χ0n) is 14.2. The first kappa shape index (κ1) is 22.0. The number of nitrogens with one attached hydrogen (secondary N) is 1. The maximum absolute atomic E-state index is 11.9. The second kappa shape index (κ2) is 10.00. The fourth-order valence-electron chi connectivity index (χ4n) is 1.48. The molecule has 0 aromatic heterocycles. The van der Waals surface area contributed by atoms with Crippen LogP contribution in [0.5, 0.6) is 0 Å². The minimum absolute atomic E-state index is 0.00573. The Balaban J connectivity index is 4.43. The summed E-state index contributed by atoms with van der Waals surface area (Å²) in [6.07, 6.45) is -1.43. The lowest BCUT2D eigenvalue weighted by Crippen LogP contribution is -2.46. The predicted molar refractivity (Wildman–Crippen MR) is 81.6 cm³/mol. The summed E-state index contributed by atoms with van der Waals surface area (Å²) in [6, 6.07) is 0. The number of carbonyl (C=O) groups is 2. The number of carbonyl (C=O) groups excluding carboxylic acids is 2. The van der Waals surface area contributed by atoms with Gasteiger partial charge in [-0.3, -0.25) is 23.2 Å². The van der Waals surface area contributed by atoms with Gasteiger partial charge in [0.25, 0.3) is 0 Å². The Hall–Kier alpha value is -0.990. The number of aliphatic hydroxyl groups is 1. The Bertz CT molecular complexity index is 432. The fourth-order valence-corrected chi connectivity index (χ4v) is 2.33. The summed E-state index contributed by atoms with van der Waals surface area (Å²) in [5.74, 6) is -1.11. The summed E-state index contributed by atoms with van der Waals surface area (Å²) in [5, 5.41) is 12.5. The number of amides is 1. The molecule has 1 atom stereocenters. The van der Waals surface area contributed by atoms with E-state index in [4.69, 9.17) is 9.26 Å². The van der Waals surface area contributed by atoms with Gasteiger partial charge in [0.05, 0.1) is 19.6 Å². The SMILES string of the molecule is CCOC(=O)CCNC(=O)[C@H](O)C(C)(C)COP(=O)(OC)OC. The van der Waals surface area contributed by atoms with Crippen LogP contribution in [0.4, 0.5) is 0 Å². The molecule has 0 unspecified atom stereocenters. The molecule has 10 heteroatoms. The Labute approximate surface area is 136 Å². The minimum atomic E-state index is -3.69. The second-order valence-corrected chi connectivity index (χ2v) is 7.21. The van der Waals surface area contributed by atoms with Gasteiger partial charge >= 0.3 is 13.8 Å². The quantitative estimate of drug-likeness (QED) is 0.414. The summed E-state index contributed by atoms with van der Waals surface area (Å²) in [5.41, 5.74) is -1.05. The van der Waals surface area contributed by atoms with Crippen molar-refractivity contribution in [2.45, 2.75) is 33.3 Å². The Morgan fingerprint density at radius 1 is 1.26 bits per heavy atom. The molecule has 0 radical (unpaired) electrons. The molecule has 136 valence electrons. The van der Waals surface area contributed by atoms with Crippen molar-refractivity contribution in [3.05, 3.63) is 0 Å². The van der Waals surface area contributed by atoms with Gasteiger partial charge in [-0.15, -0.1) is 0 Å². The van der Waals surface area contributed by atoms with Crippen molar-refractivity contribution in [3.8, 4) is 0 Å². The number of hydrogen-bond donors (Lipinski definition) is 2. The Kier molecular flexibility index (Phi) is 9.57. The monoisotopic (exact) mass is 355 g/mol. The molecule has 0 saturated carbocycles. The second-order valence-electron chi connectivity index (χ2n) is 5.32. The zero-order chi connectivity index (χ0) is 18.1. The van der Waals surface area contributed by atoms with E-state index < -0.39 is 31.2 Å². The van der Waals surface area contributed by atoms with E-state index in [9.17, 15) is 19.3 Å². The molecule has 9 nitrogen and oxygen atoms in total. The molecule has 0 bridgehead atoms. The standard InChI is InChI=1S/C13H26NO8P/c1-6-21-10(15)7-8-14-12(17)11(16)13(2,3)9-22-23(18,19-4)20-5/h11,16H,6-9H2,1-5H3,(H,14,17)/t11-/m0/s1. The lowest BCUT2D eigenvalue weighted by molar-refractivity contribution is -0.143. The number of hydrogen-bond acceptors (Lipinski definition) is 8. The number of phosphoric acid groups is 1. The molecular formula is C13H26NO8P. The molecule has 23 heavy (non-hydrogen) atoms. The van der Waals surface area contributed by atoms with Crippen molar-refractivity contribution in [2.75, 3.05) is 34.0 Å². The van der Waals surface area contributed by atoms with Gasteiger partial charge in [-0.2, -0.15) is 0 Å². The molecule has 0 rings (SSSR count). The van der Waals surface area contributed by atoms with Gasteiger partial charge in [-0.25, -0.2) is 4.57 Å². The van der Waals surface area contributed by atoms with Crippen molar-refractivity contribution in [3.63, 3.8) is 0 Å². The van der Waals surface area contributed by atoms with Crippen molar-refractivity contribution >= 4 is 19.7 Å². The third-order valence-corrected chi connectivity index (χ3v) is 4.30. The van der Waals surface area contributed by atoms with E-state index in [-0.39, 0.29) is 26.2 Å². The minimum Gasteiger partial charge on any atom is -0.466 e. The molecule has 0 saturated heterocycles. The smallest absolute Gasteiger partial charge is 0.466 e. The van der Waals surface area contributed by atoms with E-state index in [1.165, 1.54) is 0 Å². The highest BCUT2D eigenvalue weighted by atomic mass is 31.2. The topological polar surface area (TPSA) is 120 Å². The molecule has 0 aliphatic heterocycles. The van der Waals surface area contributed by atoms with E-state index in [1.54, 1.807) is 20.8 Å². The molecule has 0 aromatic rings. The van der Waals surface area contributed by atoms with E-state index in [0.29, 0.717) is 0 Å². The van der Waals surface area contributed by atoms with Gasteiger partial charge in [-0.1, -0.05) is 13.8 Å². The van der Waals surface area contributed by atoms with Crippen LogP contribution in [0.2, 0.25) is 0 Å². The third-order valence-electron chi connectivity index (χ3n) is 2.96. The van der Waals surface area contributed by atoms with Crippen molar-refractivity contribution < 1.29 is 37.6 Å². The highest BCUT2D eigenvalue weighted by Gasteiger charge is 2.37. The van der Waals surface area contributed by atoms with Crippen LogP contribution in [0.15, 0.2) is 0 Å². The van der Waals surface area contributed by atoms with Gasteiger partial charge in [0.1, 0.15) is 6.10 Å². The third kappa shape index (κ3) is 7.90. The Morgan fingerprint density at radius 3 is 2.30 bits per heavy atom. The summed E-state index contributed by atoms with van der Waals surface area (Å²) < 4.78 is 30.8. The fraction of sp³-hybridized carbons (Fsp3) is 0.846. The first-order chi connectivity index (χ1) is 10.6. The van der Waals surface area contributed by atoms with Crippen LogP contribution in [0, 0.1) is 5.41 Å². The number of rotatable bonds is 11. The maximum atomic E-state index is 11.9. The van der Waals surface area contributed by atoms with Crippen LogP contribution < -0.4 is 5.32 Å². The average Bonchev–Trinajstić information content (AvgIpc) is 2.52. The van der Waals surface area contributed by atoms with Crippen LogP contribution in [-0.2, 0) is 32.5 Å². The summed E-state index contributed by atoms with van der Waals surface area (Å²) in [7, 11) is -1.37. The predicted octanol–water partition coefficient (Wildman–Crippen LogP) is 0.860. The molecule has 0 heterocycles. The van der Waals surface area contributed by atoms with Crippen LogP contribution in [0.1, 0.15) is 27.2 Å². The van der Waals surface area contributed by atoms with Gasteiger partial charge in [-0.05, 0) is 6.92 Å². The first-order valence-corrected chi connectivity index (χ1v) is 8.55. The average molecular weight is 355 g/mol. The number of aliphatic hydroxyl groups excluding tert-OH is 1. The highest BCUT2D eigenvalue weighted by molar-refractivity contribution is 7.48. The first-order valence-electron chi connectivity index (χ1n) is 7.09. The van der Waals surface area contributed by atoms with Crippen LogP contribution in [0.3, 0.4) is 0 Å². The molecule has 2 N–H and O–H groups in total. The molecule has 0 aromatic carbocycles. The molecule has 1 amide bonds. The number of phosphoric ester groups is 1. The lowest BCUT2D eigenvalue weighted by Gasteiger charge is -2.30. The molecular weight excluding hydrogens is 329 g/mol. The van der Waals surface area contributed by atoms with Gasteiger partial charge in [0.2, 0.25) is 5.91 Å². The molecule has 0 aliphatic carbocycles. The van der Waals surface area contributed by atoms with Gasteiger partial charge in [0, 0.05) is 26.2 Å². The van der Waals surface area contributed by atoms with Crippen LogP contribution in [-0.4, -0.2) is 57.1 Å². The van der Waals surface area contributed by atoms with E-state index in [1.807, 2.05) is 0 Å². The summed E-state index contributed by atoms with van der Waals surface area (Å²) in [4.78, 5) is 23.0. The highest BCUT2D eigenvalue weighted by Crippen LogP contribution is 2.48. The molecule has 0 spiro atoms. The largest absolute Gasteiger partial charge is 0.474 e. The summed E-state index contributed by atoms with van der Waals surface area (Å²) >= 11 is 0. The van der Waals surface area contributed by atoms with Crippen LogP contribution in [0.25, 0.3) is 0 Å². The van der Waals surface area contributed by atoms with Gasteiger partial charge in [0.15, 0.2) is 0 Å². The van der Waals surface area contributed by atoms with E-state index in [2.05, 4.69) is 14.4 Å². The van der Waals surface area contributed by atoms with Gasteiger partial charge < -0.3 is 15.2 Å². The van der Waals surface area contributed by atoms with Crippen molar-refractivity contribution in [2.24, 2.45) is 5.41 Å². The summed E-state index contributed by atoms with van der Waals surface area (Å²) in [6.45, 7) is 4.86. The number of ether oxygens (including phenoxy) is 1. The zero-order valence-corrected chi connectivity index (χ0v) is 15.1. The molecule has 0 aliphatic rings. The lowest BCUT2D eigenvalue weighted by atomic mass is 9.87. The maximum Gasteiger partial charge on any atom is 0.474 e. The Morgan fingerprint density at radius 2 is 1.83 bits per heavy atom. The van der Waals surface area contributed by atoms with Crippen molar-refractivity contribution in [1.82, 2.24) is 5.32 Å². The normalized spacial score (nSPS) is 13.5. The van der Waals surface area contributed by atoms with Crippen LogP contribution >= 0.6 is 7.82 Å². The molecule has 0 fully saturated rings. The number of esters is 1. The van der Waals surface area contributed by atoms with Crippen molar-refractivity contribution in [1.29, 1.82) is 0 Å².